The van der Waals surface area contributed by atoms with E-state index < -0.39 is 11.7 Å². The number of rotatable bonds is 2. The number of nitrogens with zero attached hydrogens (tertiary/aromatic N) is 1. The molecule has 0 N–H and O–H groups in total. The van der Waals surface area contributed by atoms with Crippen molar-refractivity contribution in [3.8, 4) is 0 Å². The van der Waals surface area contributed by atoms with Crippen molar-refractivity contribution in [1.82, 2.24) is 0 Å². The lowest BCUT2D eigenvalue weighted by molar-refractivity contribution is -0.0895. The van der Waals surface area contributed by atoms with Gasteiger partial charge in [0.2, 0.25) is 0 Å². The number of hydrogen-bond donors (Lipinski definition) is 0. The molecule has 6 heteroatoms. The van der Waals surface area contributed by atoms with Crippen LogP contribution in [0.3, 0.4) is 0 Å². The van der Waals surface area contributed by atoms with E-state index in [4.69, 9.17) is 0 Å². The van der Waals surface area contributed by atoms with Crippen molar-refractivity contribution in [1.29, 1.82) is 0 Å². The van der Waals surface area contributed by atoms with Gasteiger partial charge in [-0.15, -0.1) is 0 Å². The largest absolute Gasteiger partial charge is 0.419 e. The van der Waals surface area contributed by atoms with Crippen LogP contribution in [0.2, 0.25) is 0 Å². The fraction of sp³-hybridized carbons (Fsp3) is 0.286. The molecule has 0 aliphatic rings. The molecule has 0 aromatic carbocycles. The van der Waals surface area contributed by atoms with Gasteiger partial charge in [0.05, 0.1) is 10.7 Å². The summed E-state index contributed by atoms with van der Waals surface area (Å²) in [4.78, 5) is 3.42. The highest BCUT2D eigenvalue weighted by molar-refractivity contribution is 9.17. The summed E-state index contributed by atoms with van der Waals surface area (Å²) in [7, 11) is 0. The zero-order valence-corrected chi connectivity index (χ0v) is 9.79. The molecule has 0 amide bonds. The summed E-state index contributed by atoms with van der Waals surface area (Å²) in [6, 6.07) is 0. The Morgan fingerprint density at radius 2 is 1.92 bits per heavy atom. The van der Waals surface area contributed by atoms with Crippen molar-refractivity contribution in [2.24, 2.45) is 4.99 Å². The van der Waals surface area contributed by atoms with E-state index >= 15 is 0 Å². The predicted molar refractivity (Wildman–Crippen MR) is 54.2 cm³/mol. The van der Waals surface area contributed by atoms with Crippen LogP contribution in [0.5, 0.6) is 0 Å². The average molecular weight is 321 g/mol. The van der Waals surface area contributed by atoms with E-state index in [9.17, 15) is 13.2 Å². The number of hydrogen-bond acceptors (Lipinski definition) is 1. The number of halogens is 5. The third kappa shape index (κ3) is 4.08. The minimum absolute atomic E-state index is 0.0857. The Labute approximate surface area is 90.7 Å². The Morgan fingerprint density at radius 1 is 1.46 bits per heavy atom. The molecule has 0 aliphatic heterocycles. The zero-order valence-electron chi connectivity index (χ0n) is 6.62. The molecule has 0 aromatic heterocycles. The summed E-state index contributed by atoms with van der Waals surface area (Å²) in [6.45, 7) is 4.50. The number of alkyl halides is 3. The fourth-order valence-electron chi connectivity index (χ4n) is 0.642. The van der Waals surface area contributed by atoms with Gasteiger partial charge in [-0.05, 0) is 44.4 Å². The lowest BCUT2D eigenvalue weighted by Crippen LogP contribution is -2.13. The number of allylic oxidation sites excluding steroid dienone is 2. The van der Waals surface area contributed by atoms with Crippen molar-refractivity contribution in [3.63, 3.8) is 0 Å². The van der Waals surface area contributed by atoms with Crippen LogP contribution in [-0.4, -0.2) is 11.3 Å². The Morgan fingerprint density at radius 3 is 2.15 bits per heavy atom. The molecule has 0 atom stereocenters. The van der Waals surface area contributed by atoms with Gasteiger partial charge < -0.3 is 0 Å². The lowest BCUT2D eigenvalue weighted by atomic mass is 10.1. The van der Waals surface area contributed by atoms with Gasteiger partial charge in [0.25, 0.3) is 0 Å². The average Bonchev–Trinajstić information content (AvgIpc) is 1.82. The maximum Gasteiger partial charge on any atom is 0.419 e. The van der Waals surface area contributed by atoms with Crippen molar-refractivity contribution < 1.29 is 13.2 Å². The molecule has 13 heavy (non-hydrogen) atoms. The van der Waals surface area contributed by atoms with E-state index in [0.29, 0.717) is 0 Å². The third-order valence-electron chi connectivity index (χ3n) is 1.08. The first-order valence-corrected chi connectivity index (χ1v) is 4.77. The van der Waals surface area contributed by atoms with Crippen molar-refractivity contribution in [3.05, 3.63) is 22.3 Å². The van der Waals surface area contributed by atoms with Crippen molar-refractivity contribution in [2.45, 2.75) is 13.1 Å². The van der Waals surface area contributed by atoms with Gasteiger partial charge in [-0.25, -0.2) is 4.99 Å². The van der Waals surface area contributed by atoms with Crippen molar-refractivity contribution >= 4 is 37.0 Å². The molecule has 0 aliphatic carbocycles. The molecule has 74 valence electrons. The molecule has 0 saturated heterocycles. The molecule has 0 unspecified atom stereocenters. The van der Waals surface area contributed by atoms with Gasteiger partial charge in [-0.2, -0.15) is 13.2 Å². The molecular weight excluding hydrogens is 315 g/mol. The molecule has 1 nitrogen and oxygen atoms in total. The van der Waals surface area contributed by atoms with Crippen LogP contribution < -0.4 is 0 Å². The first-order chi connectivity index (χ1) is 5.80. The van der Waals surface area contributed by atoms with Gasteiger partial charge in [-0.3, -0.25) is 0 Å². The van der Waals surface area contributed by atoms with E-state index in [1.807, 2.05) is 0 Å². The normalized spacial score (nSPS) is 14.6. The molecule has 0 heterocycles. The van der Waals surface area contributed by atoms with Crippen LogP contribution in [0.4, 0.5) is 13.2 Å². The lowest BCUT2D eigenvalue weighted by Gasteiger charge is -2.11. The Kier molecular flexibility index (Phi) is 4.91. The standard InChI is InChI=1S/C7H6Br2F3N/c1-4(2)5(7(10,11)12)6(9)13-3-8/h3H,1H2,2H3/b6-5+,13-3?. The summed E-state index contributed by atoms with van der Waals surface area (Å²) in [5.74, 6) is 0. The van der Waals surface area contributed by atoms with Gasteiger partial charge in [0.1, 0.15) is 4.61 Å². The third-order valence-corrected chi connectivity index (χ3v) is 1.88. The maximum atomic E-state index is 12.3. The second-order valence-electron chi connectivity index (χ2n) is 2.17. The van der Waals surface area contributed by atoms with E-state index in [1.165, 1.54) is 6.92 Å². The van der Waals surface area contributed by atoms with Crippen LogP contribution >= 0.6 is 31.9 Å². The summed E-state index contributed by atoms with van der Waals surface area (Å²) >= 11 is 5.49. The predicted octanol–water partition coefficient (Wildman–Crippen LogP) is 4.15. The molecule has 0 fully saturated rings. The van der Waals surface area contributed by atoms with Crippen LogP contribution in [-0.2, 0) is 0 Å². The minimum atomic E-state index is -4.44. The second-order valence-corrected chi connectivity index (χ2v) is 3.33. The Hall–Kier alpha value is -0.100. The van der Waals surface area contributed by atoms with Gasteiger partial charge >= 0.3 is 6.18 Å². The zero-order chi connectivity index (χ0) is 10.6. The molecule has 0 aromatic rings. The van der Waals surface area contributed by atoms with E-state index in [-0.39, 0.29) is 10.2 Å². The van der Waals surface area contributed by atoms with E-state index in [2.05, 4.69) is 43.4 Å². The quantitative estimate of drug-likeness (QED) is 0.411. The highest BCUT2D eigenvalue weighted by atomic mass is 79.9. The molecule has 0 radical (unpaired) electrons. The molecule has 0 spiro atoms. The van der Waals surface area contributed by atoms with Crippen LogP contribution in [0.15, 0.2) is 27.3 Å². The van der Waals surface area contributed by atoms with E-state index in [0.717, 1.165) is 5.12 Å². The Bertz CT molecular complexity index is 265. The van der Waals surface area contributed by atoms with Gasteiger partial charge in [0, 0.05) is 0 Å². The first kappa shape index (κ1) is 12.9. The highest BCUT2D eigenvalue weighted by Gasteiger charge is 2.36. The van der Waals surface area contributed by atoms with Gasteiger partial charge in [-0.1, -0.05) is 6.58 Å². The Balaban J connectivity index is 5.26. The second kappa shape index (κ2) is 4.95. The highest BCUT2D eigenvalue weighted by Crippen LogP contribution is 2.35. The summed E-state index contributed by atoms with van der Waals surface area (Å²) < 4.78 is 36.6. The monoisotopic (exact) mass is 319 g/mol. The summed E-state index contributed by atoms with van der Waals surface area (Å²) in [6.07, 6.45) is -4.44. The van der Waals surface area contributed by atoms with Crippen molar-refractivity contribution in [2.75, 3.05) is 0 Å². The first-order valence-electron chi connectivity index (χ1n) is 3.06. The van der Waals surface area contributed by atoms with E-state index in [1.54, 1.807) is 0 Å². The molecular formula is C7H6Br2F3N. The molecule has 0 bridgehead atoms. The van der Waals surface area contributed by atoms with Gasteiger partial charge in [0.15, 0.2) is 0 Å². The van der Waals surface area contributed by atoms with Crippen LogP contribution in [0, 0.1) is 0 Å². The van der Waals surface area contributed by atoms with Crippen LogP contribution in [0.1, 0.15) is 6.92 Å². The van der Waals surface area contributed by atoms with Crippen LogP contribution in [0.25, 0.3) is 0 Å². The SMILES string of the molecule is C=C(C)/C(=C(/Br)N=CBr)C(F)(F)F. The summed E-state index contributed by atoms with van der Waals surface area (Å²) in [5, 5.41) is 1.09. The maximum absolute atomic E-state index is 12.3. The topological polar surface area (TPSA) is 12.4 Å². The number of aliphatic imine (C=N–C) groups is 1. The molecule has 0 rings (SSSR count). The summed E-state index contributed by atoms with van der Waals surface area (Å²) in [5.41, 5.74) is -0.944. The fourth-order valence-corrected chi connectivity index (χ4v) is 1.79. The molecule has 0 saturated carbocycles. The smallest absolute Gasteiger partial charge is 0.241 e. The minimum Gasteiger partial charge on any atom is -0.241 e.